The predicted octanol–water partition coefficient (Wildman–Crippen LogP) is 6.32. The van der Waals surface area contributed by atoms with Gasteiger partial charge in [-0.3, -0.25) is 4.79 Å². The number of ether oxygens (including phenoxy) is 2. The molecule has 0 aromatic heterocycles. The van der Waals surface area contributed by atoms with Gasteiger partial charge in [0, 0.05) is 15.6 Å². The van der Waals surface area contributed by atoms with Gasteiger partial charge in [0.2, 0.25) is 0 Å². The molecular formula is C29H23BrN2O4. The van der Waals surface area contributed by atoms with E-state index in [9.17, 15) is 9.59 Å². The second kappa shape index (κ2) is 12.0. The highest BCUT2D eigenvalue weighted by molar-refractivity contribution is 9.10. The third-order valence-electron chi connectivity index (χ3n) is 5.20. The van der Waals surface area contributed by atoms with E-state index in [1.54, 1.807) is 66.7 Å². The number of nitrogens with one attached hydrogen (secondary N) is 1. The fraction of sp³-hybridized carbons (Fsp3) is 0.0690. The Hall–Kier alpha value is -4.23. The normalized spacial score (nSPS) is 10.7. The molecule has 0 unspecified atom stereocenters. The van der Waals surface area contributed by atoms with Gasteiger partial charge >= 0.3 is 5.97 Å². The molecule has 0 aliphatic carbocycles. The van der Waals surface area contributed by atoms with Gasteiger partial charge in [-0.15, -0.1) is 0 Å². The molecule has 4 rings (SSSR count). The molecule has 0 aliphatic rings. The number of esters is 1. The zero-order valence-corrected chi connectivity index (χ0v) is 21.1. The lowest BCUT2D eigenvalue weighted by atomic mass is 10.2. The first-order valence-corrected chi connectivity index (χ1v) is 12.0. The zero-order valence-electron chi connectivity index (χ0n) is 19.5. The van der Waals surface area contributed by atoms with Crippen molar-refractivity contribution in [3.05, 3.63) is 129 Å². The van der Waals surface area contributed by atoms with Crippen LogP contribution >= 0.6 is 15.9 Å². The maximum Gasteiger partial charge on any atom is 0.343 e. The number of carbonyl (C=O) groups excluding carboxylic acids is 2. The van der Waals surface area contributed by atoms with Crippen molar-refractivity contribution in [3.8, 4) is 11.5 Å². The largest absolute Gasteiger partial charge is 0.489 e. The molecule has 0 heterocycles. The van der Waals surface area contributed by atoms with E-state index in [2.05, 4.69) is 26.5 Å². The van der Waals surface area contributed by atoms with Crippen LogP contribution in [0.4, 0.5) is 0 Å². The quantitative estimate of drug-likeness (QED) is 0.122. The number of nitrogens with zero attached hydrogens (tertiary/aromatic N) is 1. The summed E-state index contributed by atoms with van der Waals surface area (Å²) in [6, 6.07) is 28.8. The molecule has 36 heavy (non-hydrogen) atoms. The molecule has 4 aromatic carbocycles. The molecule has 1 amide bonds. The minimum atomic E-state index is -0.485. The van der Waals surface area contributed by atoms with E-state index in [4.69, 9.17) is 9.47 Å². The van der Waals surface area contributed by atoms with Gasteiger partial charge in [-0.2, -0.15) is 5.10 Å². The SMILES string of the molecule is Cc1ccc(COc2ccc(C(=O)N/N=C/c3cc(Br)ccc3OC(=O)c3ccccc3)cc2)cc1. The summed E-state index contributed by atoms with van der Waals surface area (Å²) in [7, 11) is 0. The van der Waals surface area contributed by atoms with E-state index in [1.165, 1.54) is 11.8 Å². The highest BCUT2D eigenvalue weighted by Gasteiger charge is 2.11. The van der Waals surface area contributed by atoms with Crippen LogP contribution in [0.1, 0.15) is 37.4 Å². The maximum absolute atomic E-state index is 12.5. The number of amides is 1. The van der Waals surface area contributed by atoms with E-state index >= 15 is 0 Å². The molecule has 0 aliphatic heterocycles. The van der Waals surface area contributed by atoms with Crippen LogP contribution in [0.25, 0.3) is 0 Å². The summed E-state index contributed by atoms with van der Waals surface area (Å²) in [6.07, 6.45) is 1.43. The summed E-state index contributed by atoms with van der Waals surface area (Å²) in [5.74, 6) is 0.116. The number of hydrogen-bond donors (Lipinski definition) is 1. The summed E-state index contributed by atoms with van der Waals surface area (Å²) in [4.78, 5) is 24.9. The summed E-state index contributed by atoms with van der Waals surface area (Å²) < 4.78 is 12.1. The Labute approximate surface area is 217 Å². The van der Waals surface area contributed by atoms with Gasteiger partial charge in [0.05, 0.1) is 11.8 Å². The second-order valence-electron chi connectivity index (χ2n) is 7.94. The van der Waals surface area contributed by atoms with Gasteiger partial charge in [0.25, 0.3) is 5.91 Å². The number of hydrogen-bond acceptors (Lipinski definition) is 5. The maximum atomic E-state index is 12.5. The molecule has 0 spiro atoms. The van der Waals surface area contributed by atoms with E-state index in [0.29, 0.717) is 34.8 Å². The van der Waals surface area contributed by atoms with Crippen molar-refractivity contribution in [2.45, 2.75) is 13.5 Å². The average Bonchev–Trinajstić information content (AvgIpc) is 2.90. The molecule has 7 heteroatoms. The third-order valence-corrected chi connectivity index (χ3v) is 5.69. The van der Waals surface area contributed by atoms with Gasteiger partial charge < -0.3 is 9.47 Å². The smallest absolute Gasteiger partial charge is 0.343 e. The van der Waals surface area contributed by atoms with Crippen molar-refractivity contribution < 1.29 is 19.1 Å². The molecule has 0 radical (unpaired) electrons. The molecule has 1 N–H and O–H groups in total. The number of carbonyl (C=O) groups is 2. The van der Waals surface area contributed by atoms with E-state index in [-0.39, 0.29) is 5.91 Å². The minimum absolute atomic E-state index is 0.320. The lowest BCUT2D eigenvalue weighted by Crippen LogP contribution is -2.17. The molecule has 6 nitrogen and oxygen atoms in total. The predicted molar refractivity (Wildman–Crippen MR) is 143 cm³/mol. The monoisotopic (exact) mass is 542 g/mol. The lowest BCUT2D eigenvalue weighted by molar-refractivity contribution is 0.0734. The standard InChI is InChI=1S/C29H23BrN2O4/c1-20-7-9-21(10-8-20)19-35-26-14-11-22(12-15-26)28(33)32-31-18-24-17-25(30)13-16-27(24)36-29(34)23-5-3-2-4-6-23/h2-18H,19H2,1H3,(H,32,33)/b31-18+. The molecule has 0 fully saturated rings. The Morgan fingerprint density at radius 1 is 0.889 bits per heavy atom. The molecule has 180 valence electrons. The first-order chi connectivity index (χ1) is 17.5. The van der Waals surface area contributed by atoms with Crippen LogP contribution in [0.5, 0.6) is 11.5 Å². The zero-order chi connectivity index (χ0) is 25.3. The minimum Gasteiger partial charge on any atom is -0.489 e. The van der Waals surface area contributed by atoms with Crippen molar-refractivity contribution in [1.82, 2.24) is 5.43 Å². The topological polar surface area (TPSA) is 77.0 Å². The lowest BCUT2D eigenvalue weighted by Gasteiger charge is -2.08. The van der Waals surface area contributed by atoms with Crippen LogP contribution in [0.2, 0.25) is 0 Å². The fourth-order valence-corrected chi connectivity index (χ4v) is 3.60. The summed E-state index contributed by atoms with van der Waals surface area (Å²) in [5.41, 5.74) is 6.14. The van der Waals surface area contributed by atoms with Crippen LogP contribution in [0.15, 0.2) is 107 Å². The van der Waals surface area contributed by atoms with Crippen molar-refractivity contribution in [1.29, 1.82) is 0 Å². The first kappa shape index (κ1) is 24.9. The molecule has 4 aromatic rings. The Morgan fingerprint density at radius 3 is 2.33 bits per heavy atom. The number of aryl methyl sites for hydroxylation is 1. The van der Waals surface area contributed by atoms with Gasteiger partial charge in [0.1, 0.15) is 18.1 Å². The summed E-state index contributed by atoms with van der Waals surface area (Å²) in [6.45, 7) is 2.48. The third kappa shape index (κ3) is 6.90. The van der Waals surface area contributed by atoms with E-state index in [1.807, 2.05) is 37.3 Å². The Kier molecular flexibility index (Phi) is 8.26. The van der Waals surface area contributed by atoms with Gasteiger partial charge in [-0.25, -0.2) is 10.2 Å². The summed E-state index contributed by atoms with van der Waals surface area (Å²) >= 11 is 3.40. The number of rotatable bonds is 8. The highest BCUT2D eigenvalue weighted by Crippen LogP contribution is 2.23. The first-order valence-electron chi connectivity index (χ1n) is 11.2. The van der Waals surface area contributed by atoms with Crippen molar-refractivity contribution in [2.24, 2.45) is 5.10 Å². The molecule has 0 atom stereocenters. The Morgan fingerprint density at radius 2 is 1.61 bits per heavy atom. The van der Waals surface area contributed by atoms with Crippen molar-refractivity contribution in [3.63, 3.8) is 0 Å². The van der Waals surface area contributed by atoms with Crippen LogP contribution < -0.4 is 14.9 Å². The van der Waals surface area contributed by atoms with Crippen molar-refractivity contribution >= 4 is 34.0 Å². The fourth-order valence-electron chi connectivity index (χ4n) is 3.22. The van der Waals surface area contributed by atoms with Crippen LogP contribution in [-0.2, 0) is 6.61 Å². The van der Waals surface area contributed by atoms with Gasteiger partial charge in [-0.05, 0) is 67.1 Å². The van der Waals surface area contributed by atoms with Gasteiger partial charge in [0.15, 0.2) is 0 Å². The number of benzene rings is 4. The van der Waals surface area contributed by atoms with Crippen molar-refractivity contribution in [2.75, 3.05) is 0 Å². The van der Waals surface area contributed by atoms with E-state index in [0.717, 1.165) is 10.0 Å². The summed E-state index contributed by atoms with van der Waals surface area (Å²) in [5, 5.41) is 4.04. The number of hydrazone groups is 1. The number of halogens is 1. The average molecular weight is 543 g/mol. The molecule has 0 bridgehead atoms. The highest BCUT2D eigenvalue weighted by atomic mass is 79.9. The van der Waals surface area contributed by atoms with Crippen LogP contribution in [0, 0.1) is 6.92 Å². The van der Waals surface area contributed by atoms with Crippen LogP contribution in [-0.4, -0.2) is 18.1 Å². The molecule has 0 saturated carbocycles. The molecular weight excluding hydrogens is 520 g/mol. The van der Waals surface area contributed by atoms with Crippen LogP contribution in [0.3, 0.4) is 0 Å². The molecule has 0 saturated heterocycles. The second-order valence-corrected chi connectivity index (χ2v) is 8.85. The van der Waals surface area contributed by atoms with Gasteiger partial charge in [-0.1, -0.05) is 64.0 Å². The Balaban J connectivity index is 1.35. The van der Waals surface area contributed by atoms with E-state index < -0.39 is 5.97 Å². The Bertz CT molecular complexity index is 1370.